The minimum Gasteiger partial charge on any atom is -0.0884 e. The van der Waals surface area contributed by atoms with Crippen LogP contribution >= 0.6 is 58.2 Å². The van der Waals surface area contributed by atoms with Gasteiger partial charge in [-0.2, -0.15) is 0 Å². The van der Waals surface area contributed by atoms with Crippen molar-refractivity contribution in [3.05, 3.63) is 56.5 Å². The molecule has 0 heterocycles. The first kappa shape index (κ1) is 13.4. The van der Waals surface area contributed by atoms with Crippen molar-refractivity contribution in [1.29, 1.82) is 0 Å². The monoisotopic (exact) mass is 322 g/mol. The quantitative estimate of drug-likeness (QED) is 0.572. The van der Waals surface area contributed by atoms with E-state index >= 15 is 0 Å². The average Bonchev–Trinajstić information content (AvgIpc) is 2.28. The summed E-state index contributed by atoms with van der Waals surface area (Å²) in [7, 11) is 0. The van der Waals surface area contributed by atoms with Crippen LogP contribution in [0.1, 0.15) is 0 Å². The fourth-order valence-corrected chi connectivity index (χ4v) is 3.11. The largest absolute Gasteiger partial charge is 0.0884 e. The molecule has 2 aromatic carbocycles. The van der Waals surface area contributed by atoms with Gasteiger partial charge < -0.3 is 0 Å². The van der Waals surface area contributed by atoms with Gasteiger partial charge in [0.1, 0.15) is 0 Å². The highest BCUT2D eigenvalue weighted by Crippen LogP contribution is 2.39. The van der Waals surface area contributed by atoms with Gasteiger partial charge in [-0.1, -0.05) is 58.2 Å². The Kier molecular flexibility index (Phi) is 4.51. The number of rotatable bonds is 2. The highest BCUT2D eigenvalue weighted by Gasteiger charge is 2.08. The van der Waals surface area contributed by atoms with Gasteiger partial charge >= 0.3 is 0 Å². The van der Waals surface area contributed by atoms with Crippen LogP contribution in [0.5, 0.6) is 0 Å². The average molecular weight is 324 g/mol. The van der Waals surface area contributed by atoms with Crippen molar-refractivity contribution in [2.75, 3.05) is 0 Å². The molecule has 0 spiro atoms. The normalized spacial score (nSPS) is 10.6. The van der Waals surface area contributed by atoms with Crippen LogP contribution in [0.4, 0.5) is 0 Å². The van der Waals surface area contributed by atoms with Crippen molar-refractivity contribution in [1.82, 2.24) is 0 Å². The summed E-state index contributed by atoms with van der Waals surface area (Å²) in [5.74, 6) is 0. The first-order valence-corrected chi connectivity index (χ1v) is 6.97. The molecule has 0 bridgehead atoms. The van der Waals surface area contributed by atoms with E-state index in [2.05, 4.69) is 0 Å². The maximum atomic E-state index is 6.11. The molecule has 0 aliphatic carbocycles. The lowest BCUT2D eigenvalue weighted by Crippen LogP contribution is -1.78. The minimum atomic E-state index is 0.454. The fourth-order valence-electron chi connectivity index (χ4n) is 1.24. The Labute approximate surface area is 124 Å². The molecular formula is C12H6Cl4S. The molecule has 0 aliphatic rings. The molecule has 0 saturated heterocycles. The van der Waals surface area contributed by atoms with Gasteiger partial charge in [-0.05, 0) is 36.4 Å². The molecule has 0 atom stereocenters. The van der Waals surface area contributed by atoms with Crippen LogP contribution in [0.25, 0.3) is 0 Å². The van der Waals surface area contributed by atoms with E-state index in [9.17, 15) is 0 Å². The van der Waals surface area contributed by atoms with Crippen molar-refractivity contribution in [3.8, 4) is 0 Å². The molecule has 2 rings (SSSR count). The fraction of sp³-hybridized carbons (Fsp3) is 0. The van der Waals surface area contributed by atoms with Crippen LogP contribution in [-0.2, 0) is 0 Å². The molecule has 0 nitrogen and oxygen atoms in total. The third-order valence-electron chi connectivity index (χ3n) is 2.00. The number of halogens is 4. The molecule has 0 aliphatic heterocycles. The van der Waals surface area contributed by atoms with Crippen LogP contribution in [-0.4, -0.2) is 0 Å². The zero-order chi connectivity index (χ0) is 12.4. The Hall–Kier alpha value is -0.0500. The Morgan fingerprint density at radius 3 is 2.06 bits per heavy atom. The Morgan fingerprint density at radius 1 is 0.765 bits per heavy atom. The molecule has 88 valence electrons. The standard InChI is InChI=1S/C12H6Cl4S/c13-7-1-3-9(4-2-7)17-11-6-8(14)5-10(15)12(11)16/h1-6H. The van der Waals surface area contributed by atoms with Crippen molar-refractivity contribution < 1.29 is 0 Å². The lowest BCUT2D eigenvalue weighted by molar-refractivity contribution is 1.41. The second-order valence-corrected chi connectivity index (χ2v) is 6.03. The lowest BCUT2D eigenvalue weighted by atomic mass is 10.3. The predicted molar refractivity (Wildman–Crippen MR) is 77.0 cm³/mol. The zero-order valence-corrected chi connectivity index (χ0v) is 12.2. The van der Waals surface area contributed by atoms with E-state index < -0.39 is 0 Å². The molecule has 0 aromatic heterocycles. The van der Waals surface area contributed by atoms with Gasteiger partial charge in [-0.25, -0.2) is 0 Å². The van der Waals surface area contributed by atoms with E-state index in [0.29, 0.717) is 20.1 Å². The molecular weight excluding hydrogens is 318 g/mol. The summed E-state index contributed by atoms with van der Waals surface area (Å²) in [6.45, 7) is 0. The lowest BCUT2D eigenvalue weighted by Gasteiger charge is -2.06. The summed E-state index contributed by atoms with van der Waals surface area (Å²) in [6, 6.07) is 10.9. The van der Waals surface area contributed by atoms with E-state index in [1.165, 1.54) is 11.8 Å². The van der Waals surface area contributed by atoms with Crippen LogP contribution in [0.2, 0.25) is 20.1 Å². The molecule has 0 unspecified atom stereocenters. The van der Waals surface area contributed by atoms with Gasteiger partial charge in [0, 0.05) is 19.8 Å². The Balaban J connectivity index is 2.32. The minimum absolute atomic E-state index is 0.454. The van der Waals surface area contributed by atoms with Crippen LogP contribution in [0.3, 0.4) is 0 Å². The van der Waals surface area contributed by atoms with E-state index in [1.54, 1.807) is 12.1 Å². The van der Waals surface area contributed by atoms with E-state index in [0.717, 1.165) is 9.79 Å². The molecule has 0 radical (unpaired) electrons. The van der Waals surface area contributed by atoms with Crippen molar-refractivity contribution in [2.45, 2.75) is 9.79 Å². The van der Waals surface area contributed by atoms with Crippen LogP contribution in [0, 0.1) is 0 Å². The third kappa shape index (κ3) is 3.46. The Morgan fingerprint density at radius 2 is 1.41 bits per heavy atom. The van der Waals surface area contributed by atoms with Crippen molar-refractivity contribution >= 4 is 58.2 Å². The van der Waals surface area contributed by atoms with Gasteiger partial charge in [0.2, 0.25) is 0 Å². The molecule has 0 amide bonds. The van der Waals surface area contributed by atoms with Crippen molar-refractivity contribution in [3.63, 3.8) is 0 Å². The SMILES string of the molecule is Clc1ccc(Sc2cc(Cl)cc(Cl)c2Cl)cc1. The maximum absolute atomic E-state index is 6.11. The zero-order valence-electron chi connectivity index (χ0n) is 8.38. The third-order valence-corrected chi connectivity index (χ3v) is 4.44. The smallest absolute Gasteiger partial charge is 0.0732 e. The molecule has 17 heavy (non-hydrogen) atoms. The van der Waals surface area contributed by atoms with Gasteiger partial charge in [-0.3, -0.25) is 0 Å². The second kappa shape index (κ2) is 5.73. The van der Waals surface area contributed by atoms with Crippen molar-refractivity contribution in [2.24, 2.45) is 0 Å². The summed E-state index contributed by atoms with van der Waals surface area (Å²) in [5, 5.41) is 2.23. The predicted octanol–water partition coefficient (Wildman–Crippen LogP) is 6.45. The summed E-state index contributed by atoms with van der Waals surface area (Å²) in [4.78, 5) is 1.85. The maximum Gasteiger partial charge on any atom is 0.0732 e. The van der Waals surface area contributed by atoms with E-state index in [4.69, 9.17) is 46.4 Å². The topological polar surface area (TPSA) is 0 Å². The Bertz CT molecular complexity index is 537. The highest BCUT2D eigenvalue weighted by atomic mass is 35.5. The summed E-state index contributed by atoms with van der Waals surface area (Å²) < 4.78 is 0. The summed E-state index contributed by atoms with van der Waals surface area (Å²) >= 11 is 25.3. The number of hydrogen-bond donors (Lipinski definition) is 0. The molecule has 0 N–H and O–H groups in total. The summed E-state index contributed by atoms with van der Waals surface area (Å²) in [5.41, 5.74) is 0. The van der Waals surface area contributed by atoms with Crippen LogP contribution in [0.15, 0.2) is 46.2 Å². The molecule has 5 heteroatoms. The first-order chi connectivity index (χ1) is 8.06. The van der Waals surface area contributed by atoms with E-state index in [1.807, 2.05) is 24.3 Å². The molecule has 0 saturated carbocycles. The first-order valence-electron chi connectivity index (χ1n) is 4.64. The second-order valence-electron chi connectivity index (χ2n) is 3.26. The number of hydrogen-bond acceptors (Lipinski definition) is 1. The molecule has 0 fully saturated rings. The van der Waals surface area contributed by atoms with E-state index in [-0.39, 0.29) is 0 Å². The van der Waals surface area contributed by atoms with Gasteiger partial charge in [0.05, 0.1) is 10.0 Å². The van der Waals surface area contributed by atoms with Crippen LogP contribution < -0.4 is 0 Å². The number of benzene rings is 2. The van der Waals surface area contributed by atoms with Gasteiger partial charge in [0.25, 0.3) is 0 Å². The molecule has 2 aromatic rings. The van der Waals surface area contributed by atoms with Gasteiger partial charge in [0.15, 0.2) is 0 Å². The highest BCUT2D eigenvalue weighted by molar-refractivity contribution is 7.99. The van der Waals surface area contributed by atoms with Gasteiger partial charge in [-0.15, -0.1) is 0 Å². The summed E-state index contributed by atoms with van der Waals surface area (Å²) in [6.07, 6.45) is 0.